The Morgan fingerprint density at radius 3 is 2.57 bits per heavy atom. The molecule has 1 aliphatic carbocycles. The fourth-order valence-corrected chi connectivity index (χ4v) is 4.26. The minimum absolute atomic E-state index is 0.154. The lowest BCUT2D eigenvalue weighted by Gasteiger charge is -2.35. The Balaban J connectivity index is 1.42. The lowest BCUT2D eigenvalue weighted by atomic mass is 9.78. The van der Waals surface area contributed by atoms with Gasteiger partial charge in [-0.15, -0.1) is 0 Å². The normalized spacial score (nSPS) is 24.7. The quantitative estimate of drug-likeness (QED) is 0.533. The van der Waals surface area contributed by atoms with E-state index in [2.05, 4.69) is 30.0 Å². The van der Waals surface area contributed by atoms with Gasteiger partial charge in [0.25, 0.3) is 0 Å². The average Bonchev–Trinajstić information content (AvgIpc) is 3.10. The number of hydrogen-bond acceptors (Lipinski definition) is 3. The van der Waals surface area contributed by atoms with Gasteiger partial charge in [-0.1, -0.05) is 38.8 Å². The van der Waals surface area contributed by atoms with Gasteiger partial charge in [-0.25, -0.2) is 0 Å². The van der Waals surface area contributed by atoms with Crippen LogP contribution >= 0.6 is 12.2 Å². The summed E-state index contributed by atoms with van der Waals surface area (Å²) in [5.74, 6) is 1.25. The minimum Gasteiger partial charge on any atom is -0.358 e. The van der Waals surface area contributed by atoms with Crippen LogP contribution in [0.1, 0.15) is 51.5 Å². The smallest absolute Gasteiger partial charge is 0.242 e. The number of amides is 2. The Morgan fingerprint density at radius 2 is 1.89 bits per heavy atom. The third kappa shape index (κ3) is 5.22. The molecule has 152 valence electrons. The molecule has 3 atom stereocenters. The standard InChI is InChI=1S/C21H30N4O2S/c1-14-5-3-6-18(15(14)2)22-21(28)24-23-19(26)13-16-8-10-17(11-9-16)25-12-4-7-20(25)27/h8-11,14-15,18H,3-7,12-13H2,1-2H3,(H,23,26)(H2,22,24,28)/t14-,15-,18+/m1/s1. The maximum absolute atomic E-state index is 12.2. The monoisotopic (exact) mass is 402 g/mol. The third-order valence-electron chi connectivity index (χ3n) is 6.02. The first-order valence-corrected chi connectivity index (χ1v) is 10.6. The van der Waals surface area contributed by atoms with Crippen molar-refractivity contribution in [2.24, 2.45) is 11.8 Å². The Bertz CT molecular complexity index is 722. The maximum Gasteiger partial charge on any atom is 0.242 e. The molecule has 1 aromatic rings. The van der Waals surface area contributed by atoms with Gasteiger partial charge in [0.2, 0.25) is 11.8 Å². The summed E-state index contributed by atoms with van der Waals surface area (Å²) in [6.45, 7) is 5.30. The van der Waals surface area contributed by atoms with Crippen LogP contribution in [0.4, 0.5) is 5.69 Å². The number of carbonyl (C=O) groups excluding carboxylic acids is 2. The molecule has 1 aliphatic heterocycles. The summed E-state index contributed by atoms with van der Waals surface area (Å²) in [4.78, 5) is 25.8. The van der Waals surface area contributed by atoms with Crippen molar-refractivity contribution in [3.8, 4) is 0 Å². The van der Waals surface area contributed by atoms with Gasteiger partial charge in [0.05, 0.1) is 6.42 Å². The molecule has 1 saturated carbocycles. The Hall–Kier alpha value is -2.15. The van der Waals surface area contributed by atoms with E-state index in [0.717, 1.165) is 30.6 Å². The predicted molar refractivity (Wildman–Crippen MR) is 115 cm³/mol. The van der Waals surface area contributed by atoms with Gasteiger partial charge in [0.15, 0.2) is 5.11 Å². The van der Waals surface area contributed by atoms with Crippen LogP contribution in [0.3, 0.4) is 0 Å². The number of carbonyl (C=O) groups is 2. The number of hydrogen-bond donors (Lipinski definition) is 3. The largest absolute Gasteiger partial charge is 0.358 e. The molecule has 0 spiro atoms. The average molecular weight is 403 g/mol. The first-order chi connectivity index (χ1) is 13.4. The molecule has 0 bridgehead atoms. The van der Waals surface area contributed by atoms with Crippen LogP contribution < -0.4 is 21.1 Å². The van der Waals surface area contributed by atoms with E-state index in [-0.39, 0.29) is 18.2 Å². The van der Waals surface area contributed by atoms with E-state index >= 15 is 0 Å². The van der Waals surface area contributed by atoms with Crippen LogP contribution in [0.25, 0.3) is 0 Å². The van der Waals surface area contributed by atoms with Crippen molar-refractivity contribution in [1.29, 1.82) is 0 Å². The van der Waals surface area contributed by atoms with Gasteiger partial charge in [-0.05, 0) is 54.6 Å². The van der Waals surface area contributed by atoms with E-state index in [0.29, 0.717) is 29.4 Å². The van der Waals surface area contributed by atoms with Gasteiger partial charge in [-0.2, -0.15) is 0 Å². The molecule has 0 unspecified atom stereocenters. The van der Waals surface area contributed by atoms with Gasteiger partial charge >= 0.3 is 0 Å². The summed E-state index contributed by atoms with van der Waals surface area (Å²) in [6, 6.07) is 7.93. The van der Waals surface area contributed by atoms with E-state index in [4.69, 9.17) is 12.2 Å². The molecule has 7 heteroatoms. The molecule has 2 aliphatic rings. The highest BCUT2D eigenvalue weighted by atomic mass is 32.1. The minimum atomic E-state index is -0.154. The van der Waals surface area contributed by atoms with Crippen LogP contribution in [0.5, 0.6) is 0 Å². The molecule has 6 nitrogen and oxygen atoms in total. The topological polar surface area (TPSA) is 73.5 Å². The molecule has 1 heterocycles. The van der Waals surface area contributed by atoms with Crippen LogP contribution in [0, 0.1) is 11.8 Å². The van der Waals surface area contributed by atoms with Crippen molar-refractivity contribution in [2.75, 3.05) is 11.4 Å². The van der Waals surface area contributed by atoms with Crippen molar-refractivity contribution >= 4 is 34.8 Å². The number of nitrogens with zero attached hydrogens (tertiary/aromatic N) is 1. The molecular weight excluding hydrogens is 372 g/mol. The first-order valence-electron chi connectivity index (χ1n) is 10.2. The summed E-state index contributed by atoms with van der Waals surface area (Å²) >= 11 is 5.32. The second kappa shape index (κ2) is 9.37. The second-order valence-corrected chi connectivity index (χ2v) is 8.42. The molecule has 1 aromatic carbocycles. The first kappa shape index (κ1) is 20.6. The van der Waals surface area contributed by atoms with Crippen LogP contribution in [0.15, 0.2) is 24.3 Å². The zero-order chi connectivity index (χ0) is 20.1. The number of rotatable bonds is 4. The van der Waals surface area contributed by atoms with Crippen molar-refractivity contribution in [1.82, 2.24) is 16.2 Å². The number of thiocarbonyl (C=S) groups is 1. The fourth-order valence-electron chi connectivity index (χ4n) is 4.06. The molecule has 3 rings (SSSR count). The van der Waals surface area contributed by atoms with Crippen LogP contribution in [-0.2, 0) is 16.0 Å². The highest BCUT2D eigenvalue weighted by Gasteiger charge is 2.27. The number of anilines is 1. The van der Waals surface area contributed by atoms with Crippen molar-refractivity contribution in [3.63, 3.8) is 0 Å². The summed E-state index contributed by atoms with van der Waals surface area (Å²) in [5.41, 5.74) is 7.27. The SMILES string of the molecule is C[C@@H]1[C@H](C)CCC[C@@H]1NC(=S)NNC(=O)Cc1ccc(N2CCCC2=O)cc1. The van der Waals surface area contributed by atoms with E-state index in [1.54, 1.807) is 4.90 Å². The highest BCUT2D eigenvalue weighted by Crippen LogP contribution is 2.29. The van der Waals surface area contributed by atoms with E-state index in [9.17, 15) is 9.59 Å². The molecule has 0 radical (unpaired) electrons. The molecule has 2 amide bonds. The second-order valence-electron chi connectivity index (χ2n) is 8.01. The van der Waals surface area contributed by atoms with Gasteiger partial charge in [-0.3, -0.25) is 20.4 Å². The molecule has 2 fully saturated rings. The van der Waals surface area contributed by atoms with E-state index in [1.807, 2.05) is 24.3 Å². The summed E-state index contributed by atoms with van der Waals surface area (Å²) in [5, 5.41) is 3.79. The Morgan fingerprint density at radius 1 is 1.14 bits per heavy atom. The molecule has 3 N–H and O–H groups in total. The lowest BCUT2D eigenvalue weighted by molar-refractivity contribution is -0.121. The number of hydrazine groups is 1. The third-order valence-corrected chi connectivity index (χ3v) is 6.24. The number of nitrogens with one attached hydrogen (secondary N) is 3. The van der Waals surface area contributed by atoms with Gasteiger partial charge < -0.3 is 10.2 Å². The summed E-state index contributed by atoms with van der Waals surface area (Å²) in [6.07, 6.45) is 5.34. The van der Waals surface area contributed by atoms with Crippen molar-refractivity contribution in [2.45, 2.75) is 58.4 Å². The maximum atomic E-state index is 12.2. The molecular formula is C21H30N4O2S. The molecule has 1 saturated heterocycles. The van der Waals surface area contributed by atoms with Crippen molar-refractivity contribution in [3.05, 3.63) is 29.8 Å². The highest BCUT2D eigenvalue weighted by molar-refractivity contribution is 7.80. The van der Waals surface area contributed by atoms with Crippen molar-refractivity contribution < 1.29 is 9.59 Å². The zero-order valence-corrected chi connectivity index (χ0v) is 17.5. The van der Waals surface area contributed by atoms with Crippen LogP contribution in [-0.4, -0.2) is 29.5 Å². The summed E-state index contributed by atoms with van der Waals surface area (Å²) < 4.78 is 0. The zero-order valence-electron chi connectivity index (χ0n) is 16.7. The van der Waals surface area contributed by atoms with E-state index < -0.39 is 0 Å². The molecule has 28 heavy (non-hydrogen) atoms. The number of benzene rings is 1. The van der Waals surface area contributed by atoms with Gasteiger partial charge in [0.1, 0.15) is 0 Å². The fraction of sp³-hybridized carbons (Fsp3) is 0.571. The van der Waals surface area contributed by atoms with Gasteiger partial charge in [0, 0.05) is 24.7 Å². The van der Waals surface area contributed by atoms with Crippen LogP contribution in [0.2, 0.25) is 0 Å². The molecule has 0 aromatic heterocycles. The summed E-state index contributed by atoms with van der Waals surface area (Å²) in [7, 11) is 0. The Kier molecular flexibility index (Phi) is 6.88. The Labute approximate surface area is 172 Å². The van der Waals surface area contributed by atoms with E-state index in [1.165, 1.54) is 12.8 Å². The predicted octanol–water partition coefficient (Wildman–Crippen LogP) is 2.68. The lowest BCUT2D eigenvalue weighted by Crippen LogP contribution is -2.52.